The van der Waals surface area contributed by atoms with Crippen LogP contribution < -0.4 is 20.5 Å². The Hall–Kier alpha value is -3.22. The third-order valence-corrected chi connectivity index (χ3v) is 5.44. The Morgan fingerprint density at radius 3 is 2.71 bits per heavy atom. The van der Waals surface area contributed by atoms with E-state index in [0.717, 1.165) is 43.0 Å². The number of hydrogen-bond donors (Lipinski definition) is 2. The summed E-state index contributed by atoms with van der Waals surface area (Å²) in [5.41, 5.74) is 7.55. The Kier molecular flexibility index (Phi) is 8.15. The molecule has 1 fully saturated rings. The minimum Gasteiger partial charge on any atom is -0.493 e. The zero-order valence-electron chi connectivity index (χ0n) is 18.3. The molecular formula is C24H32N4O3. The maximum atomic E-state index is 11.3. The molecule has 2 aromatic carbocycles. The zero-order valence-corrected chi connectivity index (χ0v) is 18.3. The van der Waals surface area contributed by atoms with Crippen LogP contribution in [0, 0.1) is 5.92 Å². The number of nitrogens with one attached hydrogen (secondary N) is 1. The number of methoxy groups -OCH3 is 1. The van der Waals surface area contributed by atoms with E-state index in [1.807, 2.05) is 48.5 Å². The number of benzene rings is 2. The lowest BCUT2D eigenvalue weighted by Gasteiger charge is -2.34. The summed E-state index contributed by atoms with van der Waals surface area (Å²) < 4.78 is 11.5. The van der Waals surface area contributed by atoms with Gasteiger partial charge in [-0.2, -0.15) is 0 Å². The Bertz CT molecular complexity index is 886. The highest BCUT2D eigenvalue weighted by molar-refractivity contribution is 5.80. The van der Waals surface area contributed by atoms with Crippen molar-refractivity contribution < 1.29 is 14.3 Å². The highest BCUT2D eigenvalue weighted by atomic mass is 16.5. The molecular weight excluding hydrogens is 392 g/mol. The van der Waals surface area contributed by atoms with Gasteiger partial charge in [0.2, 0.25) is 5.91 Å². The van der Waals surface area contributed by atoms with Gasteiger partial charge in [-0.3, -0.25) is 9.79 Å². The number of primary amides is 1. The Morgan fingerprint density at radius 1 is 1.19 bits per heavy atom. The van der Waals surface area contributed by atoms with Gasteiger partial charge in [0, 0.05) is 33.1 Å². The Balaban J connectivity index is 1.58. The molecule has 7 heteroatoms. The zero-order chi connectivity index (χ0) is 22.1. The summed E-state index contributed by atoms with van der Waals surface area (Å²) in [6, 6.07) is 16.0. The number of hydrogen-bond acceptors (Lipinski definition) is 4. The molecule has 1 aliphatic rings. The number of rotatable bonds is 8. The standard InChI is InChI=1S/C24H32N4O3/c1-26-24(28-12-6-9-20(16-28)14-23(25)29)27-15-19-10-11-21(22(13-19)30-2)31-17-18-7-4-3-5-8-18/h3-5,7-8,10-11,13,20H,6,9,12,14-17H2,1-2H3,(H2,25,29)(H,26,27). The number of aliphatic imine (C=N–C) groups is 1. The van der Waals surface area contributed by atoms with E-state index in [2.05, 4.69) is 15.2 Å². The van der Waals surface area contributed by atoms with Gasteiger partial charge in [-0.25, -0.2) is 0 Å². The number of guanidine groups is 1. The van der Waals surface area contributed by atoms with Gasteiger partial charge in [0.25, 0.3) is 0 Å². The molecule has 3 N–H and O–H groups in total. The monoisotopic (exact) mass is 424 g/mol. The fraction of sp³-hybridized carbons (Fsp3) is 0.417. The highest BCUT2D eigenvalue weighted by Crippen LogP contribution is 2.29. The molecule has 0 aliphatic carbocycles. The summed E-state index contributed by atoms with van der Waals surface area (Å²) in [6.45, 7) is 2.81. The van der Waals surface area contributed by atoms with Gasteiger partial charge in [-0.1, -0.05) is 36.4 Å². The van der Waals surface area contributed by atoms with Crippen molar-refractivity contribution in [3.8, 4) is 11.5 Å². The minimum atomic E-state index is -0.239. The second kappa shape index (κ2) is 11.2. The molecule has 1 saturated heterocycles. The van der Waals surface area contributed by atoms with E-state index in [0.29, 0.717) is 31.1 Å². The van der Waals surface area contributed by atoms with Crippen LogP contribution in [0.1, 0.15) is 30.4 Å². The lowest BCUT2D eigenvalue weighted by atomic mass is 9.95. The molecule has 2 aromatic rings. The number of nitrogens with two attached hydrogens (primary N) is 1. The molecule has 0 radical (unpaired) electrons. The van der Waals surface area contributed by atoms with E-state index >= 15 is 0 Å². The second-order valence-corrected chi connectivity index (χ2v) is 7.78. The van der Waals surface area contributed by atoms with Crippen molar-refractivity contribution in [1.29, 1.82) is 0 Å². The van der Waals surface area contributed by atoms with E-state index in [9.17, 15) is 4.79 Å². The number of piperidine rings is 1. The Labute approximate surface area is 184 Å². The fourth-order valence-electron chi connectivity index (χ4n) is 3.90. The number of amides is 1. The molecule has 0 spiro atoms. The molecule has 3 rings (SSSR count). The Morgan fingerprint density at radius 2 is 2.00 bits per heavy atom. The third-order valence-electron chi connectivity index (χ3n) is 5.44. The summed E-state index contributed by atoms with van der Waals surface area (Å²) in [5, 5.41) is 3.42. The number of ether oxygens (including phenoxy) is 2. The van der Waals surface area contributed by atoms with E-state index in [1.54, 1.807) is 14.2 Å². The predicted molar refractivity (Wildman–Crippen MR) is 122 cm³/mol. The summed E-state index contributed by atoms with van der Waals surface area (Å²) in [5.74, 6) is 2.29. The van der Waals surface area contributed by atoms with Gasteiger partial charge in [-0.05, 0) is 42.0 Å². The van der Waals surface area contributed by atoms with Gasteiger partial charge in [-0.15, -0.1) is 0 Å². The highest BCUT2D eigenvalue weighted by Gasteiger charge is 2.23. The lowest BCUT2D eigenvalue weighted by molar-refractivity contribution is -0.119. The molecule has 1 aliphatic heterocycles. The van der Waals surface area contributed by atoms with Crippen LogP contribution in [-0.2, 0) is 17.9 Å². The molecule has 31 heavy (non-hydrogen) atoms. The average molecular weight is 425 g/mol. The summed E-state index contributed by atoms with van der Waals surface area (Å²) >= 11 is 0. The minimum absolute atomic E-state index is 0.239. The van der Waals surface area contributed by atoms with Crippen LogP contribution in [0.2, 0.25) is 0 Å². The largest absolute Gasteiger partial charge is 0.493 e. The summed E-state index contributed by atoms with van der Waals surface area (Å²) in [6.07, 6.45) is 2.48. The molecule has 0 aromatic heterocycles. The first-order valence-corrected chi connectivity index (χ1v) is 10.7. The second-order valence-electron chi connectivity index (χ2n) is 7.78. The van der Waals surface area contributed by atoms with Crippen molar-refractivity contribution in [3.05, 3.63) is 59.7 Å². The maximum Gasteiger partial charge on any atom is 0.217 e. The average Bonchev–Trinajstić information content (AvgIpc) is 2.79. The van der Waals surface area contributed by atoms with Crippen molar-refractivity contribution in [2.24, 2.45) is 16.6 Å². The molecule has 1 amide bonds. The number of carbonyl (C=O) groups excluding carboxylic acids is 1. The van der Waals surface area contributed by atoms with Crippen LogP contribution in [-0.4, -0.2) is 44.0 Å². The summed E-state index contributed by atoms with van der Waals surface area (Å²) in [7, 11) is 3.43. The predicted octanol–water partition coefficient (Wildman–Crippen LogP) is 2.94. The van der Waals surface area contributed by atoms with Crippen LogP contribution >= 0.6 is 0 Å². The molecule has 166 valence electrons. The van der Waals surface area contributed by atoms with Gasteiger partial charge < -0.3 is 25.4 Å². The molecule has 7 nitrogen and oxygen atoms in total. The van der Waals surface area contributed by atoms with Gasteiger partial charge in [0.15, 0.2) is 17.5 Å². The van der Waals surface area contributed by atoms with Crippen LogP contribution in [0.5, 0.6) is 11.5 Å². The molecule has 0 saturated carbocycles. The van der Waals surface area contributed by atoms with Crippen molar-refractivity contribution in [2.45, 2.75) is 32.4 Å². The third kappa shape index (κ3) is 6.64. The van der Waals surface area contributed by atoms with Crippen LogP contribution in [0.3, 0.4) is 0 Å². The number of likely N-dealkylation sites (tertiary alicyclic amines) is 1. The molecule has 1 heterocycles. The molecule has 0 bridgehead atoms. The number of carbonyl (C=O) groups is 1. The van der Waals surface area contributed by atoms with E-state index in [-0.39, 0.29) is 11.8 Å². The van der Waals surface area contributed by atoms with Crippen molar-refractivity contribution in [3.63, 3.8) is 0 Å². The van der Waals surface area contributed by atoms with Crippen LogP contribution in [0.25, 0.3) is 0 Å². The van der Waals surface area contributed by atoms with E-state index < -0.39 is 0 Å². The van der Waals surface area contributed by atoms with Crippen LogP contribution in [0.4, 0.5) is 0 Å². The van der Waals surface area contributed by atoms with Crippen molar-refractivity contribution in [2.75, 3.05) is 27.2 Å². The number of nitrogens with zero attached hydrogens (tertiary/aromatic N) is 2. The summed E-state index contributed by atoms with van der Waals surface area (Å²) in [4.78, 5) is 17.9. The van der Waals surface area contributed by atoms with Crippen molar-refractivity contribution >= 4 is 11.9 Å². The smallest absolute Gasteiger partial charge is 0.217 e. The van der Waals surface area contributed by atoms with Gasteiger partial charge in [0.1, 0.15) is 6.61 Å². The van der Waals surface area contributed by atoms with Gasteiger partial charge in [0.05, 0.1) is 7.11 Å². The first-order valence-electron chi connectivity index (χ1n) is 10.7. The van der Waals surface area contributed by atoms with Gasteiger partial charge >= 0.3 is 0 Å². The maximum absolute atomic E-state index is 11.3. The SMILES string of the molecule is CN=C(NCc1ccc(OCc2ccccc2)c(OC)c1)N1CCCC(CC(N)=O)C1. The van der Waals surface area contributed by atoms with Crippen molar-refractivity contribution in [1.82, 2.24) is 10.2 Å². The van der Waals surface area contributed by atoms with E-state index in [4.69, 9.17) is 15.2 Å². The van der Waals surface area contributed by atoms with Crippen LogP contribution in [0.15, 0.2) is 53.5 Å². The van der Waals surface area contributed by atoms with E-state index in [1.165, 1.54) is 0 Å². The normalized spacial score (nSPS) is 16.6. The molecule has 1 unspecified atom stereocenters. The molecule has 1 atom stereocenters. The lowest BCUT2D eigenvalue weighted by Crippen LogP contribution is -2.46. The first-order chi connectivity index (χ1) is 15.1. The first kappa shape index (κ1) is 22.5. The topological polar surface area (TPSA) is 89.2 Å². The quantitative estimate of drug-likeness (QED) is 0.502. The fourth-order valence-corrected chi connectivity index (χ4v) is 3.90.